The van der Waals surface area contributed by atoms with Crippen LogP contribution in [0.4, 0.5) is 10.1 Å². The Morgan fingerprint density at radius 3 is 2.95 bits per heavy atom. The van der Waals surface area contributed by atoms with Gasteiger partial charge in [0.25, 0.3) is 0 Å². The third-order valence-electron chi connectivity index (χ3n) is 2.69. The minimum absolute atomic E-state index is 0.308. The van der Waals surface area contributed by atoms with Crippen molar-refractivity contribution in [3.8, 4) is 0 Å². The second-order valence-electron chi connectivity index (χ2n) is 4.21. The van der Waals surface area contributed by atoms with E-state index in [9.17, 15) is 4.39 Å². The first-order valence-electron chi connectivity index (χ1n) is 5.82. The van der Waals surface area contributed by atoms with E-state index in [2.05, 4.69) is 4.98 Å². The number of pyridine rings is 1. The Hall–Kier alpha value is -2.01. The predicted molar refractivity (Wildman–Crippen MR) is 75.6 cm³/mol. The SMILES string of the molecule is Nc1cc(F)cc(SCc2cn3ccccc3n2)c1. The molecule has 2 heterocycles. The lowest BCUT2D eigenvalue weighted by Crippen LogP contribution is -1.88. The van der Waals surface area contributed by atoms with Crippen LogP contribution in [0.1, 0.15) is 5.69 Å². The minimum Gasteiger partial charge on any atom is -0.399 e. The van der Waals surface area contributed by atoms with E-state index in [0.717, 1.165) is 16.2 Å². The topological polar surface area (TPSA) is 43.3 Å². The van der Waals surface area contributed by atoms with Crippen molar-refractivity contribution in [2.75, 3.05) is 5.73 Å². The molecule has 5 heteroatoms. The van der Waals surface area contributed by atoms with Crippen molar-refractivity contribution >= 4 is 23.1 Å². The lowest BCUT2D eigenvalue weighted by Gasteiger charge is -2.01. The first-order chi connectivity index (χ1) is 9.20. The summed E-state index contributed by atoms with van der Waals surface area (Å²) >= 11 is 1.52. The van der Waals surface area contributed by atoms with E-state index >= 15 is 0 Å². The Labute approximate surface area is 114 Å². The highest BCUT2D eigenvalue weighted by molar-refractivity contribution is 7.98. The maximum absolute atomic E-state index is 13.2. The van der Waals surface area contributed by atoms with Gasteiger partial charge in [0.1, 0.15) is 11.5 Å². The van der Waals surface area contributed by atoms with Crippen LogP contribution in [0.3, 0.4) is 0 Å². The van der Waals surface area contributed by atoms with Gasteiger partial charge in [-0.3, -0.25) is 0 Å². The molecule has 0 aliphatic carbocycles. The number of imidazole rings is 1. The van der Waals surface area contributed by atoms with Crippen molar-refractivity contribution in [2.24, 2.45) is 0 Å². The zero-order valence-electron chi connectivity index (χ0n) is 10.1. The molecule has 0 radical (unpaired) electrons. The van der Waals surface area contributed by atoms with Gasteiger partial charge in [-0.15, -0.1) is 11.8 Å². The number of anilines is 1. The van der Waals surface area contributed by atoms with E-state index in [0.29, 0.717) is 11.4 Å². The fraction of sp³-hybridized carbons (Fsp3) is 0.0714. The third-order valence-corrected chi connectivity index (χ3v) is 3.70. The fourth-order valence-electron chi connectivity index (χ4n) is 1.88. The zero-order chi connectivity index (χ0) is 13.2. The maximum Gasteiger partial charge on any atom is 0.137 e. The molecule has 0 atom stereocenters. The third kappa shape index (κ3) is 2.71. The fourth-order valence-corrected chi connectivity index (χ4v) is 2.75. The van der Waals surface area contributed by atoms with Crippen LogP contribution in [0.25, 0.3) is 5.65 Å². The molecule has 0 bridgehead atoms. The predicted octanol–water partition coefficient (Wildman–Crippen LogP) is 3.35. The van der Waals surface area contributed by atoms with Gasteiger partial charge < -0.3 is 10.1 Å². The zero-order valence-corrected chi connectivity index (χ0v) is 10.9. The highest BCUT2D eigenvalue weighted by atomic mass is 32.2. The van der Waals surface area contributed by atoms with Crippen molar-refractivity contribution in [1.82, 2.24) is 9.38 Å². The molecule has 19 heavy (non-hydrogen) atoms. The molecular weight excluding hydrogens is 261 g/mol. The number of fused-ring (bicyclic) bond motifs is 1. The van der Waals surface area contributed by atoms with Gasteiger partial charge in [-0.1, -0.05) is 6.07 Å². The molecule has 0 amide bonds. The molecule has 0 unspecified atom stereocenters. The molecule has 96 valence electrons. The number of nitrogen functional groups attached to an aromatic ring is 1. The quantitative estimate of drug-likeness (QED) is 0.588. The molecule has 2 aromatic heterocycles. The minimum atomic E-state index is -0.308. The van der Waals surface area contributed by atoms with Crippen molar-refractivity contribution in [3.05, 3.63) is 60.3 Å². The van der Waals surface area contributed by atoms with Gasteiger partial charge in [0.05, 0.1) is 5.69 Å². The summed E-state index contributed by atoms with van der Waals surface area (Å²) in [5, 5.41) is 0. The highest BCUT2D eigenvalue weighted by Crippen LogP contribution is 2.25. The smallest absolute Gasteiger partial charge is 0.137 e. The van der Waals surface area contributed by atoms with Crippen molar-refractivity contribution < 1.29 is 4.39 Å². The summed E-state index contributed by atoms with van der Waals surface area (Å²) < 4.78 is 15.2. The molecule has 2 N–H and O–H groups in total. The molecule has 3 rings (SSSR count). The lowest BCUT2D eigenvalue weighted by molar-refractivity contribution is 0.625. The van der Waals surface area contributed by atoms with E-state index in [4.69, 9.17) is 5.73 Å². The van der Waals surface area contributed by atoms with Gasteiger partial charge >= 0.3 is 0 Å². The number of nitrogens with zero attached hydrogens (tertiary/aromatic N) is 2. The Bertz CT molecular complexity index is 670. The van der Waals surface area contributed by atoms with Crippen LogP contribution in [-0.4, -0.2) is 9.38 Å². The number of thioether (sulfide) groups is 1. The number of halogens is 1. The van der Waals surface area contributed by atoms with Gasteiger partial charge in [-0.25, -0.2) is 9.37 Å². The summed E-state index contributed by atoms with van der Waals surface area (Å²) in [4.78, 5) is 5.30. The van der Waals surface area contributed by atoms with Crippen LogP contribution >= 0.6 is 11.8 Å². The van der Waals surface area contributed by atoms with E-state index in [-0.39, 0.29) is 5.82 Å². The molecule has 0 saturated heterocycles. The van der Waals surface area contributed by atoms with Crippen LogP contribution in [-0.2, 0) is 5.75 Å². The summed E-state index contributed by atoms with van der Waals surface area (Å²) in [6.07, 6.45) is 3.93. The van der Waals surface area contributed by atoms with Crippen LogP contribution in [0, 0.1) is 5.82 Å². The molecule has 3 aromatic rings. The number of hydrogen-bond donors (Lipinski definition) is 1. The summed E-state index contributed by atoms with van der Waals surface area (Å²) in [5.74, 6) is 0.377. The van der Waals surface area contributed by atoms with Gasteiger partial charge in [0, 0.05) is 28.7 Å². The van der Waals surface area contributed by atoms with Crippen molar-refractivity contribution in [3.63, 3.8) is 0 Å². The number of nitrogens with two attached hydrogens (primary N) is 1. The second-order valence-corrected chi connectivity index (χ2v) is 5.26. The Morgan fingerprint density at radius 1 is 1.26 bits per heavy atom. The maximum atomic E-state index is 13.2. The molecule has 0 aliphatic rings. The Kier molecular flexibility index (Phi) is 3.13. The van der Waals surface area contributed by atoms with Crippen LogP contribution in [0.5, 0.6) is 0 Å². The largest absolute Gasteiger partial charge is 0.399 e. The average Bonchev–Trinajstić information content (AvgIpc) is 2.78. The molecule has 0 fully saturated rings. The number of rotatable bonds is 3. The summed E-state index contributed by atoms with van der Waals surface area (Å²) in [6, 6.07) is 10.4. The summed E-state index contributed by atoms with van der Waals surface area (Å²) in [7, 11) is 0. The molecule has 3 nitrogen and oxygen atoms in total. The molecule has 1 aromatic carbocycles. The first kappa shape index (κ1) is 12.0. The lowest BCUT2D eigenvalue weighted by atomic mass is 10.3. The van der Waals surface area contributed by atoms with Gasteiger partial charge in [0.2, 0.25) is 0 Å². The number of benzene rings is 1. The summed E-state index contributed by atoms with van der Waals surface area (Å²) in [5.41, 5.74) is 7.93. The van der Waals surface area contributed by atoms with Crippen LogP contribution in [0.2, 0.25) is 0 Å². The van der Waals surface area contributed by atoms with Crippen LogP contribution < -0.4 is 5.73 Å². The first-order valence-corrected chi connectivity index (χ1v) is 6.81. The molecule has 0 saturated carbocycles. The molecule has 0 aliphatic heterocycles. The van der Waals surface area contributed by atoms with E-state index in [1.807, 2.05) is 35.0 Å². The van der Waals surface area contributed by atoms with Gasteiger partial charge in [-0.2, -0.15) is 0 Å². The van der Waals surface area contributed by atoms with Gasteiger partial charge in [0.15, 0.2) is 0 Å². The van der Waals surface area contributed by atoms with E-state index < -0.39 is 0 Å². The standard InChI is InChI=1S/C14H12FN3S/c15-10-5-11(16)7-13(6-10)19-9-12-8-18-4-2-1-3-14(18)17-12/h1-8H,9,16H2. The molecular formula is C14H12FN3S. The van der Waals surface area contributed by atoms with Crippen molar-refractivity contribution in [2.45, 2.75) is 10.6 Å². The number of aromatic nitrogens is 2. The monoisotopic (exact) mass is 273 g/mol. The van der Waals surface area contributed by atoms with Crippen molar-refractivity contribution in [1.29, 1.82) is 0 Å². The van der Waals surface area contributed by atoms with Crippen LogP contribution in [0.15, 0.2) is 53.7 Å². The number of hydrogen-bond acceptors (Lipinski definition) is 3. The second kappa shape index (κ2) is 4.93. The Balaban J connectivity index is 1.78. The normalized spacial score (nSPS) is 11.0. The van der Waals surface area contributed by atoms with Gasteiger partial charge in [-0.05, 0) is 30.3 Å². The average molecular weight is 273 g/mol. The summed E-state index contributed by atoms with van der Waals surface area (Å²) in [6.45, 7) is 0. The highest BCUT2D eigenvalue weighted by Gasteiger charge is 2.04. The molecule has 0 spiro atoms. The Morgan fingerprint density at radius 2 is 2.16 bits per heavy atom. The van der Waals surface area contributed by atoms with E-state index in [1.54, 1.807) is 6.07 Å². The van der Waals surface area contributed by atoms with E-state index in [1.165, 1.54) is 23.9 Å².